The van der Waals surface area contributed by atoms with E-state index in [9.17, 15) is 0 Å². The van der Waals surface area contributed by atoms with Gasteiger partial charge >= 0.3 is 0 Å². The summed E-state index contributed by atoms with van der Waals surface area (Å²) in [7, 11) is 0. The highest BCUT2D eigenvalue weighted by Gasteiger charge is 2.13. The molecule has 0 bridgehead atoms. The first-order valence-corrected chi connectivity index (χ1v) is 9.95. The zero-order valence-corrected chi connectivity index (χ0v) is 16.0. The van der Waals surface area contributed by atoms with Crippen molar-refractivity contribution >= 4 is 43.1 Å². The van der Waals surface area contributed by atoms with Gasteiger partial charge in [-0.2, -0.15) is 0 Å². The summed E-state index contributed by atoms with van der Waals surface area (Å²) in [5, 5.41) is 11.2. The number of aryl methyl sites for hydroxylation is 1. The van der Waals surface area contributed by atoms with Crippen LogP contribution in [0.1, 0.15) is 39.2 Å². The van der Waals surface area contributed by atoms with Gasteiger partial charge < -0.3 is 0 Å². The van der Waals surface area contributed by atoms with Gasteiger partial charge in [0.25, 0.3) is 0 Å². The van der Waals surface area contributed by atoms with Crippen molar-refractivity contribution in [2.24, 2.45) is 0 Å². The van der Waals surface area contributed by atoms with Crippen LogP contribution in [0.5, 0.6) is 0 Å². The quantitative estimate of drug-likeness (QED) is 0.230. The number of rotatable bonds is 3. The summed E-state index contributed by atoms with van der Waals surface area (Å²) in [6.07, 6.45) is 3.67. The number of fused-ring (bicyclic) bond motifs is 2. The van der Waals surface area contributed by atoms with Crippen LogP contribution in [0.3, 0.4) is 0 Å². The molecule has 0 heteroatoms. The van der Waals surface area contributed by atoms with Crippen LogP contribution in [0.15, 0.2) is 66.7 Å². The molecule has 130 valence electrons. The van der Waals surface area contributed by atoms with E-state index in [-0.39, 0.29) is 0 Å². The molecule has 0 aliphatic carbocycles. The zero-order valence-electron chi connectivity index (χ0n) is 16.0. The van der Waals surface area contributed by atoms with E-state index >= 15 is 0 Å². The summed E-state index contributed by atoms with van der Waals surface area (Å²) < 4.78 is 0. The Morgan fingerprint density at radius 1 is 0.577 bits per heavy atom. The number of hydrogen-bond donors (Lipinski definition) is 0. The van der Waals surface area contributed by atoms with Crippen molar-refractivity contribution in [1.82, 2.24) is 0 Å². The molecule has 0 fully saturated rings. The minimum atomic E-state index is 1.17. The first-order chi connectivity index (χ1) is 12.9. The summed E-state index contributed by atoms with van der Waals surface area (Å²) in [6, 6.07) is 24.9. The monoisotopic (exact) mass is 338 g/mol. The maximum atomic E-state index is 2.35. The van der Waals surface area contributed by atoms with Gasteiger partial charge in [-0.05, 0) is 61.5 Å². The molecule has 5 aromatic rings. The Balaban J connectivity index is 0.000000814. The predicted molar refractivity (Wildman–Crippen MR) is 118 cm³/mol. The van der Waals surface area contributed by atoms with Gasteiger partial charge in [0, 0.05) is 0 Å². The van der Waals surface area contributed by atoms with Crippen LogP contribution in [-0.4, -0.2) is 0 Å². The minimum absolute atomic E-state index is 1.17. The Kier molecular flexibility index (Phi) is 4.51. The molecule has 0 aliphatic heterocycles. The fraction of sp³-hybridized carbons (Fsp3) is 0.231. The highest BCUT2D eigenvalue weighted by Crippen LogP contribution is 2.40. The van der Waals surface area contributed by atoms with Crippen molar-refractivity contribution in [2.75, 3.05) is 0 Å². The van der Waals surface area contributed by atoms with Gasteiger partial charge in [0.05, 0.1) is 0 Å². The maximum absolute atomic E-state index is 2.35. The Bertz CT molecular complexity index is 1130. The first-order valence-electron chi connectivity index (χ1n) is 9.95. The van der Waals surface area contributed by atoms with Crippen molar-refractivity contribution in [3.05, 3.63) is 72.3 Å². The van der Waals surface area contributed by atoms with Crippen LogP contribution in [0, 0.1) is 0 Å². The standard InChI is InChI=1S/C24H20.C2H6/c1-2-3-7-16-14-15-22-20-12-5-9-17-8-4-11-19(23(17)20)21-13-6-10-18(16)24(21)22;1-2/h4-6,8-15H,2-3,7H2,1H3;1-2H3. The topological polar surface area (TPSA) is 0 Å². The van der Waals surface area contributed by atoms with Crippen LogP contribution in [0.2, 0.25) is 0 Å². The lowest BCUT2D eigenvalue weighted by atomic mass is 9.88. The lowest BCUT2D eigenvalue weighted by Gasteiger charge is -2.16. The Morgan fingerprint density at radius 3 is 1.77 bits per heavy atom. The van der Waals surface area contributed by atoms with Gasteiger partial charge in [0.2, 0.25) is 0 Å². The molecule has 0 saturated carbocycles. The normalized spacial score (nSPS) is 11.3. The van der Waals surface area contributed by atoms with E-state index in [2.05, 4.69) is 73.7 Å². The second-order valence-corrected chi connectivity index (χ2v) is 6.81. The molecule has 0 unspecified atom stereocenters. The first kappa shape index (κ1) is 16.8. The summed E-state index contributed by atoms with van der Waals surface area (Å²) >= 11 is 0. The third kappa shape index (κ3) is 2.44. The van der Waals surface area contributed by atoms with Crippen molar-refractivity contribution in [1.29, 1.82) is 0 Å². The van der Waals surface area contributed by atoms with E-state index in [1.807, 2.05) is 13.8 Å². The molecule has 0 nitrogen and oxygen atoms in total. The molecule has 0 radical (unpaired) electrons. The molecule has 5 aromatic carbocycles. The number of benzene rings is 5. The molecule has 5 rings (SSSR count). The van der Waals surface area contributed by atoms with Crippen LogP contribution in [0.4, 0.5) is 0 Å². The lowest BCUT2D eigenvalue weighted by Crippen LogP contribution is -1.91. The molecule has 0 N–H and O–H groups in total. The molecule has 0 aliphatic rings. The zero-order chi connectivity index (χ0) is 18.1. The molecule has 0 amide bonds. The van der Waals surface area contributed by atoms with E-state index in [0.717, 1.165) is 0 Å². The lowest BCUT2D eigenvalue weighted by molar-refractivity contribution is 0.799. The van der Waals surface area contributed by atoms with Gasteiger partial charge in [-0.3, -0.25) is 0 Å². The predicted octanol–water partition coefficient (Wildman–Crippen LogP) is 8.11. The smallest absolute Gasteiger partial charge is 0.00236 e. The SMILES string of the molecule is CC.CCCCc1ccc2c3cccc4cccc(c5cccc1c52)c43. The molecular formula is C26H26. The highest BCUT2D eigenvalue weighted by molar-refractivity contribution is 6.33. The van der Waals surface area contributed by atoms with E-state index in [0.29, 0.717) is 0 Å². The van der Waals surface area contributed by atoms with E-state index in [1.54, 1.807) is 0 Å². The number of unbranched alkanes of at least 4 members (excludes halogenated alkanes) is 1. The average Bonchev–Trinajstić information content (AvgIpc) is 2.72. The van der Waals surface area contributed by atoms with Crippen molar-refractivity contribution in [2.45, 2.75) is 40.0 Å². The van der Waals surface area contributed by atoms with Crippen LogP contribution in [-0.2, 0) is 6.42 Å². The van der Waals surface area contributed by atoms with Crippen LogP contribution < -0.4 is 0 Å². The van der Waals surface area contributed by atoms with Gasteiger partial charge in [-0.1, -0.05) is 93.9 Å². The Hall–Kier alpha value is -2.60. The molecule has 0 heterocycles. The summed E-state index contributed by atoms with van der Waals surface area (Å²) in [5.74, 6) is 0. The second-order valence-electron chi connectivity index (χ2n) is 6.81. The summed E-state index contributed by atoms with van der Waals surface area (Å²) in [5.41, 5.74) is 1.49. The largest absolute Gasteiger partial charge is 0.0683 e. The minimum Gasteiger partial charge on any atom is -0.0683 e. The van der Waals surface area contributed by atoms with E-state index < -0.39 is 0 Å². The van der Waals surface area contributed by atoms with Crippen LogP contribution >= 0.6 is 0 Å². The van der Waals surface area contributed by atoms with Crippen molar-refractivity contribution in [3.8, 4) is 0 Å². The Labute approximate surface area is 155 Å². The second kappa shape index (κ2) is 6.96. The molecule has 0 aromatic heterocycles. The maximum Gasteiger partial charge on any atom is -0.00236 e. The molecule has 0 atom stereocenters. The fourth-order valence-electron chi connectivity index (χ4n) is 4.29. The third-order valence-electron chi connectivity index (χ3n) is 5.42. The average molecular weight is 338 g/mol. The third-order valence-corrected chi connectivity index (χ3v) is 5.42. The molecule has 0 spiro atoms. The number of hydrogen-bond acceptors (Lipinski definition) is 0. The van der Waals surface area contributed by atoms with Gasteiger partial charge in [0.1, 0.15) is 0 Å². The summed E-state index contributed by atoms with van der Waals surface area (Å²) in [4.78, 5) is 0. The molecule has 0 saturated heterocycles. The van der Waals surface area contributed by atoms with Gasteiger partial charge in [-0.25, -0.2) is 0 Å². The van der Waals surface area contributed by atoms with E-state index in [1.165, 1.54) is 67.9 Å². The van der Waals surface area contributed by atoms with E-state index in [4.69, 9.17) is 0 Å². The van der Waals surface area contributed by atoms with Crippen molar-refractivity contribution in [3.63, 3.8) is 0 Å². The Morgan fingerprint density at radius 2 is 1.12 bits per heavy atom. The summed E-state index contributed by atoms with van der Waals surface area (Å²) in [6.45, 7) is 6.27. The van der Waals surface area contributed by atoms with Gasteiger partial charge in [0.15, 0.2) is 0 Å². The fourth-order valence-corrected chi connectivity index (χ4v) is 4.29. The molecular weight excluding hydrogens is 312 g/mol. The highest BCUT2D eigenvalue weighted by atomic mass is 14.2. The molecule has 26 heavy (non-hydrogen) atoms. The van der Waals surface area contributed by atoms with Crippen LogP contribution in [0.25, 0.3) is 43.1 Å². The van der Waals surface area contributed by atoms with Crippen molar-refractivity contribution < 1.29 is 0 Å². The van der Waals surface area contributed by atoms with Gasteiger partial charge in [-0.15, -0.1) is 0 Å².